The topological polar surface area (TPSA) is 49.9 Å². The van der Waals surface area contributed by atoms with Gasteiger partial charge in [0.05, 0.1) is 12.7 Å². The molecule has 1 atom stereocenters. The second-order valence-corrected chi connectivity index (χ2v) is 7.67. The van der Waals surface area contributed by atoms with Crippen molar-refractivity contribution in [2.75, 3.05) is 26.2 Å². The standard InChI is InChI=1S/C13H20N2O3S2/c1-3-6-14(11-13-5-4-9-19-13)20(16,17)15-7-8-18-12(2)10-15/h3-5,9,12H,1,6-8,10-11H2,2H3/t12-/m1/s1. The van der Waals surface area contributed by atoms with Gasteiger partial charge in [0, 0.05) is 31.1 Å². The molecule has 7 heteroatoms. The van der Waals surface area contributed by atoms with Gasteiger partial charge >= 0.3 is 0 Å². The number of hydrogen-bond donors (Lipinski definition) is 0. The molecule has 0 amide bonds. The van der Waals surface area contributed by atoms with Crippen LogP contribution in [0, 0.1) is 0 Å². The predicted octanol–water partition coefficient (Wildman–Crippen LogP) is 1.70. The minimum atomic E-state index is -3.47. The fourth-order valence-corrected chi connectivity index (χ4v) is 4.55. The highest BCUT2D eigenvalue weighted by Gasteiger charge is 2.32. The Labute approximate surface area is 124 Å². The zero-order valence-corrected chi connectivity index (χ0v) is 13.2. The van der Waals surface area contributed by atoms with Crippen LogP contribution in [0.5, 0.6) is 0 Å². The zero-order valence-electron chi connectivity index (χ0n) is 11.6. The molecule has 0 N–H and O–H groups in total. The van der Waals surface area contributed by atoms with E-state index < -0.39 is 10.2 Å². The lowest BCUT2D eigenvalue weighted by Gasteiger charge is -2.34. The van der Waals surface area contributed by atoms with E-state index in [0.29, 0.717) is 32.8 Å². The van der Waals surface area contributed by atoms with E-state index in [1.54, 1.807) is 17.4 Å². The van der Waals surface area contributed by atoms with Gasteiger partial charge in [0.2, 0.25) is 0 Å². The van der Waals surface area contributed by atoms with Gasteiger partial charge in [-0.1, -0.05) is 12.1 Å². The Morgan fingerprint density at radius 2 is 2.45 bits per heavy atom. The van der Waals surface area contributed by atoms with Gasteiger partial charge < -0.3 is 4.74 Å². The van der Waals surface area contributed by atoms with Crippen LogP contribution in [0.3, 0.4) is 0 Å². The first kappa shape index (κ1) is 15.7. The first-order valence-electron chi connectivity index (χ1n) is 6.54. The van der Waals surface area contributed by atoms with E-state index in [9.17, 15) is 8.42 Å². The molecular weight excluding hydrogens is 296 g/mol. The Bertz CT molecular complexity index is 528. The van der Waals surface area contributed by atoms with Gasteiger partial charge in [0.1, 0.15) is 0 Å². The Hall–Kier alpha value is -0.730. The molecule has 1 aliphatic heterocycles. The second kappa shape index (κ2) is 6.82. The molecule has 112 valence electrons. The van der Waals surface area contributed by atoms with Crippen molar-refractivity contribution in [1.29, 1.82) is 0 Å². The third-order valence-electron chi connectivity index (χ3n) is 3.10. The van der Waals surface area contributed by atoms with Gasteiger partial charge in [-0.05, 0) is 18.4 Å². The Morgan fingerprint density at radius 3 is 3.05 bits per heavy atom. The summed E-state index contributed by atoms with van der Waals surface area (Å²) in [6, 6.07) is 3.87. The third kappa shape index (κ3) is 3.67. The van der Waals surface area contributed by atoms with Crippen molar-refractivity contribution in [1.82, 2.24) is 8.61 Å². The highest BCUT2D eigenvalue weighted by atomic mass is 32.2. The van der Waals surface area contributed by atoms with Gasteiger partial charge in [-0.25, -0.2) is 0 Å². The number of hydrogen-bond acceptors (Lipinski definition) is 4. The van der Waals surface area contributed by atoms with Crippen molar-refractivity contribution in [3.8, 4) is 0 Å². The number of thiophene rings is 1. The lowest BCUT2D eigenvalue weighted by atomic mass is 10.3. The zero-order chi connectivity index (χ0) is 14.6. The van der Waals surface area contributed by atoms with Crippen LogP contribution in [-0.2, 0) is 21.5 Å². The highest BCUT2D eigenvalue weighted by molar-refractivity contribution is 7.86. The largest absolute Gasteiger partial charge is 0.376 e. The van der Waals surface area contributed by atoms with E-state index in [2.05, 4.69) is 6.58 Å². The Kier molecular flexibility index (Phi) is 5.34. The molecule has 1 aromatic rings. The van der Waals surface area contributed by atoms with Crippen LogP contribution in [0.15, 0.2) is 30.2 Å². The molecule has 0 bridgehead atoms. The molecule has 2 rings (SSSR count). The summed E-state index contributed by atoms with van der Waals surface area (Å²) in [5.41, 5.74) is 0. The summed E-state index contributed by atoms with van der Waals surface area (Å²) >= 11 is 1.56. The van der Waals surface area contributed by atoms with E-state index >= 15 is 0 Å². The van der Waals surface area contributed by atoms with Crippen LogP contribution in [-0.4, -0.2) is 49.4 Å². The van der Waals surface area contributed by atoms with E-state index in [-0.39, 0.29) is 6.10 Å². The summed E-state index contributed by atoms with van der Waals surface area (Å²) in [4.78, 5) is 1.02. The van der Waals surface area contributed by atoms with Crippen molar-refractivity contribution < 1.29 is 13.2 Å². The van der Waals surface area contributed by atoms with Crippen molar-refractivity contribution >= 4 is 21.5 Å². The first-order chi connectivity index (χ1) is 9.54. The van der Waals surface area contributed by atoms with Crippen LogP contribution in [0.2, 0.25) is 0 Å². The Balaban J connectivity index is 2.15. The van der Waals surface area contributed by atoms with Gasteiger partial charge in [0.15, 0.2) is 0 Å². The minimum absolute atomic E-state index is 0.0640. The second-order valence-electron chi connectivity index (χ2n) is 4.71. The lowest BCUT2D eigenvalue weighted by Crippen LogP contribution is -2.50. The van der Waals surface area contributed by atoms with E-state index in [1.165, 1.54) is 8.61 Å². The third-order valence-corrected chi connectivity index (χ3v) is 5.88. The molecule has 0 saturated carbocycles. The van der Waals surface area contributed by atoms with Crippen LogP contribution in [0.1, 0.15) is 11.8 Å². The van der Waals surface area contributed by atoms with Crippen LogP contribution < -0.4 is 0 Å². The molecule has 1 aromatic heterocycles. The molecule has 1 fully saturated rings. The molecule has 0 unspecified atom stereocenters. The monoisotopic (exact) mass is 316 g/mol. The molecule has 0 aromatic carbocycles. The van der Waals surface area contributed by atoms with Crippen LogP contribution in [0.4, 0.5) is 0 Å². The molecule has 0 radical (unpaired) electrons. The first-order valence-corrected chi connectivity index (χ1v) is 8.82. The maximum atomic E-state index is 12.7. The van der Waals surface area contributed by atoms with E-state index in [1.807, 2.05) is 24.4 Å². The molecule has 20 heavy (non-hydrogen) atoms. The molecule has 1 saturated heterocycles. The van der Waals surface area contributed by atoms with Crippen molar-refractivity contribution in [2.45, 2.75) is 19.6 Å². The average molecular weight is 316 g/mol. The van der Waals surface area contributed by atoms with E-state index in [4.69, 9.17) is 4.74 Å². The molecule has 5 nitrogen and oxygen atoms in total. The summed E-state index contributed by atoms with van der Waals surface area (Å²) < 4.78 is 33.8. The summed E-state index contributed by atoms with van der Waals surface area (Å²) in [6.07, 6.45) is 1.56. The maximum absolute atomic E-state index is 12.7. The molecular formula is C13H20N2O3S2. The molecule has 0 aliphatic carbocycles. The van der Waals surface area contributed by atoms with Crippen LogP contribution >= 0.6 is 11.3 Å². The predicted molar refractivity (Wildman–Crippen MR) is 80.8 cm³/mol. The SMILES string of the molecule is C=CCN(Cc1cccs1)S(=O)(=O)N1CCO[C@H](C)C1. The number of morpholine rings is 1. The number of rotatable bonds is 6. The number of nitrogens with zero attached hydrogens (tertiary/aromatic N) is 2. The quantitative estimate of drug-likeness (QED) is 0.751. The normalized spacial score (nSPS) is 21.2. The minimum Gasteiger partial charge on any atom is -0.376 e. The average Bonchev–Trinajstić information content (AvgIpc) is 2.91. The van der Waals surface area contributed by atoms with Gasteiger partial charge in [-0.15, -0.1) is 17.9 Å². The van der Waals surface area contributed by atoms with E-state index in [0.717, 1.165) is 4.88 Å². The van der Waals surface area contributed by atoms with Gasteiger partial charge in [-0.2, -0.15) is 17.0 Å². The van der Waals surface area contributed by atoms with Crippen molar-refractivity contribution in [3.05, 3.63) is 35.0 Å². The highest BCUT2D eigenvalue weighted by Crippen LogP contribution is 2.19. The maximum Gasteiger partial charge on any atom is 0.282 e. The van der Waals surface area contributed by atoms with Crippen molar-refractivity contribution in [2.24, 2.45) is 0 Å². The smallest absolute Gasteiger partial charge is 0.282 e. The number of ether oxygens (including phenoxy) is 1. The summed E-state index contributed by atoms with van der Waals surface area (Å²) in [5, 5.41) is 1.95. The lowest BCUT2D eigenvalue weighted by molar-refractivity contribution is 0.00831. The fourth-order valence-electron chi connectivity index (χ4n) is 2.12. The molecule has 1 aliphatic rings. The molecule has 0 spiro atoms. The van der Waals surface area contributed by atoms with Gasteiger partial charge in [0.25, 0.3) is 10.2 Å². The fraction of sp³-hybridized carbons (Fsp3) is 0.538. The summed E-state index contributed by atoms with van der Waals surface area (Å²) in [5.74, 6) is 0. The summed E-state index contributed by atoms with van der Waals surface area (Å²) in [7, 11) is -3.47. The van der Waals surface area contributed by atoms with Gasteiger partial charge in [-0.3, -0.25) is 0 Å². The Morgan fingerprint density at radius 1 is 1.65 bits per heavy atom. The van der Waals surface area contributed by atoms with Crippen LogP contribution in [0.25, 0.3) is 0 Å². The molecule has 2 heterocycles. The summed E-state index contributed by atoms with van der Waals surface area (Å²) in [6.45, 7) is 7.50. The van der Waals surface area contributed by atoms with Crippen molar-refractivity contribution in [3.63, 3.8) is 0 Å².